The van der Waals surface area contributed by atoms with Crippen molar-refractivity contribution >= 4 is 23.2 Å². The first-order chi connectivity index (χ1) is 13.2. The molecule has 1 saturated heterocycles. The van der Waals surface area contributed by atoms with Crippen LogP contribution in [0.3, 0.4) is 0 Å². The Morgan fingerprint density at radius 1 is 1.04 bits per heavy atom. The second kappa shape index (κ2) is 10.2. The maximum absolute atomic E-state index is 12.2. The lowest BCUT2D eigenvalue weighted by Gasteiger charge is -2.27. The fourth-order valence-electron chi connectivity index (χ4n) is 2.99. The molecular weight excluding hydrogens is 360 g/mol. The number of rotatable bonds is 8. The summed E-state index contributed by atoms with van der Waals surface area (Å²) in [5.74, 6) is -0.124. The van der Waals surface area contributed by atoms with E-state index in [1.165, 1.54) is 11.3 Å². The van der Waals surface area contributed by atoms with Crippen LogP contribution in [0.5, 0.6) is 0 Å². The zero-order valence-corrected chi connectivity index (χ0v) is 16.2. The molecule has 1 aliphatic rings. The van der Waals surface area contributed by atoms with Gasteiger partial charge in [0.1, 0.15) is 0 Å². The average Bonchev–Trinajstić information content (AvgIpc) is 3.25. The van der Waals surface area contributed by atoms with Crippen LogP contribution in [0.4, 0.5) is 0 Å². The van der Waals surface area contributed by atoms with E-state index in [0.717, 1.165) is 44.7 Å². The number of hydrogen-bond donors (Lipinski definition) is 3. The van der Waals surface area contributed by atoms with Crippen LogP contribution in [0, 0.1) is 0 Å². The predicted molar refractivity (Wildman–Crippen MR) is 108 cm³/mol. The summed E-state index contributed by atoms with van der Waals surface area (Å²) in [4.78, 5) is 27.3. The first kappa shape index (κ1) is 19.5. The van der Waals surface area contributed by atoms with Crippen LogP contribution in [0.15, 0.2) is 41.8 Å². The van der Waals surface area contributed by atoms with Crippen LogP contribution in [-0.4, -0.2) is 56.0 Å². The minimum Gasteiger partial charge on any atom is -0.352 e. The summed E-state index contributed by atoms with van der Waals surface area (Å²) < 4.78 is 0. The number of carbonyl (C=O) groups excluding carboxylic acids is 2. The number of nitrogens with one attached hydrogen (secondary N) is 3. The molecule has 0 unspecified atom stereocenters. The quantitative estimate of drug-likeness (QED) is 0.604. The number of piperazine rings is 1. The molecule has 3 N–H and O–H groups in total. The molecule has 1 aromatic heterocycles. The van der Waals surface area contributed by atoms with Gasteiger partial charge in [-0.05, 0) is 42.1 Å². The Kier molecular flexibility index (Phi) is 7.38. The van der Waals surface area contributed by atoms with E-state index in [2.05, 4.69) is 20.9 Å². The number of carbonyl (C=O) groups is 2. The first-order valence-corrected chi connectivity index (χ1v) is 10.2. The zero-order chi connectivity index (χ0) is 18.9. The van der Waals surface area contributed by atoms with E-state index in [1.807, 2.05) is 23.6 Å². The summed E-state index contributed by atoms with van der Waals surface area (Å²) in [5.41, 5.74) is 1.61. The minimum atomic E-state index is -0.0729. The van der Waals surface area contributed by atoms with Crippen LogP contribution in [-0.2, 0) is 6.54 Å². The topological polar surface area (TPSA) is 73.5 Å². The zero-order valence-electron chi connectivity index (χ0n) is 15.4. The van der Waals surface area contributed by atoms with Crippen molar-refractivity contribution in [1.29, 1.82) is 0 Å². The fourth-order valence-corrected chi connectivity index (χ4v) is 3.63. The largest absolute Gasteiger partial charge is 0.352 e. The van der Waals surface area contributed by atoms with Gasteiger partial charge in [-0.2, -0.15) is 0 Å². The molecule has 0 atom stereocenters. The second-order valence-electron chi connectivity index (χ2n) is 6.56. The number of nitrogens with zero attached hydrogens (tertiary/aromatic N) is 1. The van der Waals surface area contributed by atoms with Gasteiger partial charge in [-0.1, -0.05) is 18.2 Å². The molecule has 2 aromatic rings. The Morgan fingerprint density at radius 3 is 2.52 bits per heavy atom. The standard InChI is InChI=1S/C20H26N4O2S/c25-19(22-8-2-11-24-12-9-21-10-13-24)17-6-4-16(5-7-17)15-23-20(26)18-3-1-14-27-18/h1,3-7,14,21H,2,8-13,15H2,(H,22,25)(H,23,26). The van der Waals surface area contributed by atoms with Crippen LogP contribution in [0.1, 0.15) is 32.0 Å². The third kappa shape index (κ3) is 6.16. The van der Waals surface area contributed by atoms with E-state index in [0.29, 0.717) is 23.5 Å². The van der Waals surface area contributed by atoms with Crippen molar-refractivity contribution in [3.8, 4) is 0 Å². The highest BCUT2D eigenvalue weighted by Crippen LogP contribution is 2.09. The van der Waals surface area contributed by atoms with E-state index in [-0.39, 0.29) is 11.8 Å². The van der Waals surface area contributed by atoms with Gasteiger partial charge < -0.3 is 20.9 Å². The van der Waals surface area contributed by atoms with Gasteiger partial charge in [0.2, 0.25) is 0 Å². The summed E-state index contributed by atoms with van der Waals surface area (Å²) in [6.45, 7) is 6.41. The Bertz CT molecular complexity index is 725. The van der Waals surface area contributed by atoms with Crippen molar-refractivity contribution in [2.24, 2.45) is 0 Å². The molecule has 3 rings (SSSR count). The Hall–Kier alpha value is -2.22. The van der Waals surface area contributed by atoms with Crippen LogP contribution in [0.25, 0.3) is 0 Å². The monoisotopic (exact) mass is 386 g/mol. The molecule has 1 fully saturated rings. The average molecular weight is 387 g/mol. The molecule has 1 aromatic carbocycles. The van der Waals surface area contributed by atoms with Gasteiger partial charge >= 0.3 is 0 Å². The molecule has 7 heteroatoms. The molecule has 6 nitrogen and oxygen atoms in total. The molecular formula is C20H26N4O2S. The van der Waals surface area contributed by atoms with Crippen LogP contribution >= 0.6 is 11.3 Å². The molecule has 1 aliphatic heterocycles. The number of thiophene rings is 1. The van der Waals surface area contributed by atoms with Crippen molar-refractivity contribution < 1.29 is 9.59 Å². The maximum atomic E-state index is 12.2. The molecule has 2 heterocycles. The van der Waals surface area contributed by atoms with Gasteiger partial charge in [-0.3, -0.25) is 9.59 Å². The molecule has 27 heavy (non-hydrogen) atoms. The Morgan fingerprint density at radius 2 is 1.81 bits per heavy atom. The molecule has 0 radical (unpaired) electrons. The van der Waals surface area contributed by atoms with Gasteiger partial charge in [0.25, 0.3) is 11.8 Å². The van der Waals surface area contributed by atoms with E-state index in [9.17, 15) is 9.59 Å². The van der Waals surface area contributed by atoms with E-state index in [1.54, 1.807) is 18.2 Å². The predicted octanol–water partition coefficient (Wildman–Crippen LogP) is 1.70. The maximum Gasteiger partial charge on any atom is 0.261 e. The normalized spacial score (nSPS) is 14.7. The van der Waals surface area contributed by atoms with Gasteiger partial charge in [-0.15, -0.1) is 11.3 Å². The highest BCUT2D eigenvalue weighted by Gasteiger charge is 2.10. The first-order valence-electron chi connectivity index (χ1n) is 9.34. The van der Waals surface area contributed by atoms with E-state index < -0.39 is 0 Å². The van der Waals surface area contributed by atoms with Gasteiger partial charge in [-0.25, -0.2) is 0 Å². The third-order valence-corrected chi connectivity index (χ3v) is 5.43. The summed E-state index contributed by atoms with van der Waals surface area (Å²) in [6.07, 6.45) is 0.957. The Labute approximate surface area is 164 Å². The van der Waals surface area contributed by atoms with Crippen molar-refractivity contribution in [2.75, 3.05) is 39.3 Å². The third-order valence-electron chi connectivity index (χ3n) is 4.56. The molecule has 0 spiro atoms. The van der Waals surface area contributed by atoms with Gasteiger partial charge in [0.15, 0.2) is 0 Å². The molecule has 144 valence electrons. The number of hydrogen-bond acceptors (Lipinski definition) is 5. The summed E-state index contributed by atoms with van der Waals surface area (Å²) >= 11 is 1.42. The lowest BCUT2D eigenvalue weighted by atomic mass is 10.1. The highest BCUT2D eigenvalue weighted by atomic mass is 32.1. The summed E-state index contributed by atoms with van der Waals surface area (Å²) in [7, 11) is 0. The van der Waals surface area contributed by atoms with Gasteiger partial charge in [0, 0.05) is 44.8 Å². The molecule has 0 aliphatic carbocycles. The van der Waals surface area contributed by atoms with Crippen molar-refractivity contribution in [1.82, 2.24) is 20.9 Å². The van der Waals surface area contributed by atoms with Gasteiger partial charge in [0.05, 0.1) is 4.88 Å². The summed E-state index contributed by atoms with van der Waals surface area (Å²) in [6, 6.07) is 11.0. The highest BCUT2D eigenvalue weighted by molar-refractivity contribution is 7.12. The SMILES string of the molecule is O=C(NCCCN1CCNCC1)c1ccc(CNC(=O)c2cccs2)cc1. The molecule has 2 amide bonds. The van der Waals surface area contributed by atoms with Crippen molar-refractivity contribution in [3.63, 3.8) is 0 Å². The lowest BCUT2D eigenvalue weighted by Crippen LogP contribution is -2.44. The van der Waals surface area contributed by atoms with E-state index >= 15 is 0 Å². The lowest BCUT2D eigenvalue weighted by molar-refractivity contribution is 0.0943. The summed E-state index contributed by atoms with van der Waals surface area (Å²) in [5, 5.41) is 11.1. The Balaban J connectivity index is 1.37. The number of amides is 2. The fraction of sp³-hybridized carbons (Fsp3) is 0.400. The van der Waals surface area contributed by atoms with E-state index in [4.69, 9.17) is 0 Å². The number of benzene rings is 1. The smallest absolute Gasteiger partial charge is 0.261 e. The van der Waals surface area contributed by atoms with Crippen LogP contribution in [0.2, 0.25) is 0 Å². The molecule has 0 bridgehead atoms. The second-order valence-corrected chi connectivity index (χ2v) is 7.51. The minimum absolute atomic E-state index is 0.0514. The van der Waals surface area contributed by atoms with Crippen molar-refractivity contribution in [3.05, 3.63) is 57.8 Å². The molecule has 0 saturated carbocycles. The van der Waals surface area contributed by atoms with Crippen molar-refractivity contribution in [2.45, 2.75) is 13.0 Å². The van der Waals surface area contributed by atoms with Crippen LogP contribution < -0.4 is 16.0 Å².